The Hall–Kier alpha value is -1.63. The molecule has 1 amide bonds. The molecule has 1 aliphatic heterocycles. The molecule has 1 saturated heterocycles. The molecule has 2 fully saturated rings. The second-order valence-electron chi connectivity index (χ2n) is 7.27. The normalized spacial score (nSPS) is 24.3. The van der Waals surface area contributed by atoms with E-state index in [1.165, 1.54) is 0 Å². The van der Waals surface area contributed by atoms with Gasteiger partial charge in [0.1, 0.15) is 5.75 Å². The van der Waals surface area contributed by atoms with E-state index in [2.05, 4.69) is 0 Å². The zero-order valence-electron chi connectivity index (χ0n) is 15.5. The van der Waals surface area contributed by atoms with Crippen molar-refractivity contribution in [2.24, 2.45) is 11.1 Å². The number of aliphatic hydroxyl groups is 1. The van der Waals surface area contributed by atoms with Crippen LogP contribution in [-0.4, -0.2) is 61.0 Å². The van der Waals surface area contributed by atoms with Gasteiger partial charge < -0.3 is 25.2 Å². The minimum absolute atomic E-state index is 0.000192. The quantitative estimate of drug-likeness (QED) is 0.773. The van der Waals surface area contributed by atoms with Gasteiger partial charge in [0.2, 0.25) is 0 Å². The SMILES string of the molecule is CCCOc1ccccc1C(=O)N1CCC2(CC1)[C@H](O)C[C@@H]2OCCN. The molecule has 1 spiro atoms. The van der Waals surface area contributed by atoms with Crippen molar-refractivity contribution in [3.05, 3.63) is 29.8 Å². The molecule has 1 aliphatic carbocycles. The lowest BCUT2D eigenvalue weighted by molar-refractivity contribution is -0.207. The third kappa shape index (κ3) is 3.59. The third-order valence-electron chi connectivity index (χ3n) is 5.74. The highest BCUT2D eigenvalue weighted by molar-refractivity contribution is 5.97. The molecule has 2 atom stereocenters. The van der Waals surface area contributed by atoms with Crippen LogP contribution in [0.15, 0.2) is 24.3 Å². The fraction of sp³-hybridized carbons (Fsp3) is 0.650. The van der Waals surface area contributed by atoms with Crippen LogP contribution in [0.25, 0.3) is 0 Å². The molecule has 0 unspecified atom stereocenters. The molecule has 1 aromatic rings. The van der Waals surface area contributed by atoms with Gasteiger partial charge in [-0.2, -0.15) is 0 Å². The summed E-state index contributed by atoms with van der Waals surface area (Å²) >= 11 is 0. The lowest BCUT2D eigenvalue weighted by Crippen LogP contribution is -2.62. The third-order valence-corrected chi connectivity index (χ3v) is 5.74. The van der Waals surface area contributed by atoms with Crippen molar-refractivity contribution in [3.63, 3.8) is 0 Å². The zero-order chi connectivity index (χ0) is 18.6. The number of nitrogens with zero attached hydrogens (tertiary/aromatic N) is 1. The number of aliphatic hydroxyl groups excluding tert-OH is 1. The van der Waals surface area contributed by atoms with Crippen LogP contribution in [0.1, 0.15) is 43.0 Å². The number of hydrogen-bond acceptors (Lipinski definition) is 5. The minimum Gasteiger partial charge on any atom is -0.493 e. The van der Waals surface area contributed by atoms with Gasteiger partial charge in [-0.25, -0.2) is 0 Å². The summed E-state index contributed by atoms with van der Waals surface area (Å²) in [4.78, 5) is 14.8. The smallest absolute Gasteiger partial charge is 0.257 e. The monoisotopic (exact) mass is 362 g/mol. The average molecular weight is 362 g/mol. The number of benzene rings is 1. The number of para-hydroxylation sites is 1. The topological polar surface area (TPSA) is 85.0 Å². The number of carbonyl (C=O) groups excluding carboxylic acids is 1. The van der Waals surface area contributed by atoms with Gasteiger partial charge in [-0.3, -0.25) is 4.79 Å². The van der Waals surface area contributed by atoms with Crippen molar-refractivity contribution in [1.82, 2.24) is 4.90 Å². The van der Waals surface area contributed by atoms with Crippen LogP contribution < -0.4 is 10.5 Å². The summed E-state index contributed by atoms with van der Waals surface area (Å²) in [6, 6.07) is 7.42. The van der Waals surface area contributed by atoms with Gasteiger partial charge in [0.15, 0.2) is 0 Å². The summed E-state index contributed by atoms with van der Waals surface area (Å²) in [7, 11) is 0. The maximum Gasteiger partial charge on any atom is 0.257 e. The largest absolute Gasteiger partial charge is 0.493 e. The van der Waals surface area contributed by atoms with E-state index in [1.54, 1.807) is 0 Å². The molecule has 6 heteroatoms. The van der Waals surface area contributed by atoms with Gasteiger partial charge in [-0.15, -0.1) is 0 Å². The number of nitrogens with two attached hydrogens (primary N) is 1. The summed E-state index contributed by atoms with van der Waals surface area (Å²) in [6.45, 7) is 4.90. The molecule has 144 valence electrons. The lowest BCUT2D eigenvalue weighted by Gasteiger charge is -2.56. The molecule has 0 bridgehead atoms. The molecule has 1 aromatic carbocycles. The van der Waals surface area contributed by atoms with E-state index in [4.69, 9.17) is 15.2 Å². The van der Waals surface area contributed by atoms with Crippen molar-refractivity contribution in [2.75, 3.05) is 32.8 Å². The van der Waals surface area contributed by atoms with Gasteiger partial charge in [0, 0.05) is 31.5 Å². The highest BCUT2D eigenvalue weighted by Crippen LogP contribution is 2.51. The molecule has 0 radical (unpaired) electrons. The van der Waals surface area contributed by atoms with E-state index in [-0.39, 0.29) is 23.5 Å². The van der Waals surface area contributed by atoms with Crippen LogP contribution in [-0.2, 0) is 4.74 Å². The standard InChI is InChI=1S/C20H30N2O4/c1-2-12-25-16-6-4-3-5-15(16)19(24)22-10-7-20(8-11-22)17(23)14-18(20)26-13-9-21/h3-6,17-18,23H,2,7-14,21H2,1H3/t17-,18+/m1/s1. The van der Waals surface area contributed by atoms with Crippen molar-refractivity contribution in [1.29, 1.82) is 0 Å². The van der Waals surface area contributed by atoms with E-state index >= 15 is 0 Å². The molecule has 0 aromatic heterocycles. The van der Waals surface area contributed by atoms with Gasteiger partial charge in [0.25, 0.3) is 5.91 Å². The van der Waals surface area contributed by atoms with Crippen molar-refractivity contribution in [2.45, 2.75) is 44.8 Å². The van der Waals surface area contributed by atoms with Crippen LogP contribution in [0.5, 0.6) is 5.75 Å². The number of likely N-dealkylation sites (tertiary alicyclic amines) is 1. The number of carbonyl (C=O) groups is 1. The van der Waals surface area contributed by atoms with E-state index in [1.807, 2.05) is 36.1 Å². The second kappa shape index (κ2) is 8.37. The van der Waals surface area contributed by atoms with E-state index in [0.717, 1.165) is 19.3 Å². The second-order valence-corrected chi connectivity index (χ2v) is 7.27. The summed E-state index contributed by atoms with van der Waals surface area (Å²) in [6.07, 6.45) is 2.79. The predicted octanol–water partition coefficient (Wildman–Crippen LogP) is 1.81. The van der Waals surface area contributed by atoms with E-state index < -0.39 is 0 Å². The molecule has 1 heterocycles. The molecule has 26 heavy (non-hydrogen) atoms. The molecule has 1 saturated carbocycles. The van der Waals surface area contributed by atoms with E-state index in [9.17, 15) is 9.90 Å². The first kappa shape index (κ1) is 19.1. The van der Waals surface area contributed by atoms with Gasteiger partial charge in [-0.05, 0) is 31.4 Å². The number of rotatable bonds is 7. The first-order chi connectivity index (χ1) is 12.6. The Morgan fingerprint density at radius 2 is 2.04 bits per heavy atom. The maximum absolute atomic E-state index is 13.0. The highest BCUT2D eigenvalue weighted by Gasteiger charge is 2.56. The summed E-state index contributed by atoms with van der Waals surface area (Å²) in [5, 5.41) is 10.3. The zero-order valence-corrected chi connectivity index (χ0v) is 15.5. The van der Waals surface area contributed by atoms with Crippen LogP contribution in [0, 0.1) is 5.41 Å². The molecule has 3 rings (SSSR count). The molecular formula is C20H30N2O4. The summed E-state index contributed by atoms with van der Waals surface area (Å²) < 4.78 is 11.6. The average Bonchev–Trinajstić information content (AvgIpc) is 2.69. The first-order valence-electron chi connectivity index (χ1n) is 9.63. The fourth-order valence-corrected chi connectivity index (χ4v) is 4.10. The number of hydrogen-bond donors (Lipinski definition) is 2. The highest BCUT2D eigenvalue weighted by atomic mass is 16.5. The molecule has 6 nitrogen and oxygen atoms in total. The van der Waals surface area contributed by atoms with Crippen LogP contribution >= 0.6 is 0 Å². The van der Waals surface area contributed by atoms with Crippen LogP contribution in [0.4, 0.5) is 0 Å². The molecular weight excluding hydrogens is 332 g/mol. The Morgan fingerprint density at radius 1 is 1.31 bits per heavy atom. The van der Waals surface area contributed by atoms with Gasteiger partial charge in [0.05, 0.1) is 31.0 Å². The van der Waals surface area contributed by atoms with Gasteiger partial charge in [-0.1, -0.05) is 19.1 Å². The van der Waals surface area contributed by atoms with Crippen molar-refractivity contribution in [3.8, 4) is 5.75 Å². The Balaban J connectivity index is 1.64. The maximum atomic E-state index is 13.0. The predicted molar refractivity (Wildman–Crippen MR) is 99.2 cm³/mol. The van der Waals surface area contributed by atoms with Crippen molar-refractivity contribution < 1.29 is 19.4 Å². The van der Waals surface area contributed by atoms with Crippen molar-refractivity contribution >= 4 is 5.91 Å². The lowest BCUT2D eigenvalue weighted by atomic mass is 9.58. The number of ether oxygens (including phenoxy) is 2. The van der Waals surface area contributed by atoms with Crippen LogP contribution in [0.2, 0.25) is 0 Å². The Labute approximate surface area is 155 Å². The molecule has 2 aliphatic rings. The minimum atomic E-state index is -0.345. The Bertz CT molecular complexity index is 614. The molecule has 3 N–H and O–H groups in total. The first-order valence-corrected chi connectivity index (χ1v) is 9.63. The van der Waals surface area contributed by atoms with Crippen LogP contribution in [0.3, 0.4) is 0 Å². The van der Waals surface area contributed by atoms with Gasteiger partial charge >= 0.3 is 0 Å². The Kier molecular flexibility index (Phi) is 6.16. The summed E-state index contributed by atoms with van der Waals surface area (Å²) in [5.41, 5.74) is 5.93. The van der Waals surface area contributed by atoms with E-state index in [0.29, 0.717) is 50.6 Å². The fourth-order valence-electron chi connectivity index (χ4n) is 4.10. The summed E-state index contributed by atoms with van der Waals surface area (Å²) in [5.74, 6) is 0.646. The Morgan fingerprint density at radius 3 is 2.69 bits per heavy atom. The number of amides is 1. The number of piperidine rings is 1.